The molecule has 1 aliphatic carbocycles. The molecule has 2 rings (SSSR count). The molecule has 3 atom stereocenters. The third-order valence-corrected chi connectivity index (χ3v) is 5.43. The molecule has 2 aliphatic rings. The van der Waals surface area contributed by atoms with E-state index in [1.165, 1.54) is 0 Å². The second kappa shape index (κ2) is 5.89. The second-order valence-electron chi connectivity index (χ2n) is 7.19. The minimum absolute atomic E-state index is 0.0375. The highest BCUT2D eigenvalue weighted by Gasteiger charge is 2.54. The fourth-order valence-corrected chi connectivity index (χ4v) is 3.40. The summed E-state index contributed by atoms with van der Waals surface area (Å²) in [6.45, 7) is 6.49. The Balaban J connectivity index is 2.08. The zero-order valence-electron chi connectivity index (χ0n) is 13.5. The fraction of sp³-hybridized carbons (Fsp3) is 0.812. The first kappa shape index (κ1) is 16.8. The molecule has 2 fully saturated rings. The van der Waals surface area contributed by atoms with Crippen LogP contribution in [-0.4, -0.2) is 34.6 Å². The summed E-state index contributed by atoms with van der Waals surface area (Å²) >= 11 is 0. The lowest BCUT2D eigenvalue weighted by Gasteiger charge is -2.41. The molecular formula is C16H25NO5. The Labute approximate surface area is 130 Å². The van der Waals surface area contributed by atoms with Crippen molar-refractivity contribution in [3.63, 3.8) is 0 Å². The highest BCUT2D eigenvalue weighted by Crippen LogP contribution is 2.43. The number of nitrogens with one attached hydrogen (secondary N) is 1. The number of carbonyl (C=O) groups is 3. The van der Waals surface area contributed by atoms with E-state index in [0.717, 1.165) is 25.7 Å². The van der Waals surface area contributed by atoms with Crippen LogP contribution in [-0.2, 0) is 19.1 Å². The van der Waals surface area contributed by atoms with Crippen molar-refractivity contribution in [3.8, 4) is 0 Å². The van der Waals surface area contributed by atoms with E-state index >= 15 is 0 Å². The van der Waals surface area contributed by atoms with E-state index in [1.54, 1.807) is 0 Å². The van der Waals surface area contributed by atoms with E-state index in [1.807, 2.05) is 0 Å². The maximum atomic E-state index is 12.4. The lowest BCUT2D eigenvalue weighted by Crippen LogP contribution is -2.57. The molecule has 1 heterocycles. The Bertz CT molecular complexity index is 489. The van der Waals surface area contributed by atoms with Crippen LogP contribution >= 0.6 is 0 Å². The van der Waals surface area contributed by atoms with Gasteiger partial charge < -0.3 is 15.2 Å². The largest absolute Gasteiger partial charge is 0.479 e. The zero-order chi connectivity index (χ0) is 16.5. The summed E-state index contributed by atoms with van der Waals surface area (Å²) in [4.78, 5) is 35.2. The van der Waals surface area contributed by atoms with Crippen LogP contribution in [0.2, 0.25) is 0 Å². The standard InChI is InChI=1S/C16H25NO5/c1-10(2)15(3)7-4-5-11(9-15)22-14(21)16(13(19)20)8-6-12(18)17-16/h10-11H,4-9H2,1-3H3,(H,17,18)(H,19,20)/t11?,15?,16-/m1/s1. The fourth-order valence-electron chi connectivity index (χ4n) is 3.40. The van der Waals surface area contributed by atoms with Crippen molar-refractivity contribution in [1.82, 2.24) is 5.32 Å². The van der Waals surface area contributed by atoms with Crippen LogP contribution in [0.15, 0.2) is 0 Å². The molecular weight excluding hydrogens is 286 g/mol. The smallest absolute Gasteiger partial charge is 0.343 e. The number of carbonyl (C=O) groups excluding carboxylic acids is 2. The van der Waals surface area contributed by atoms with E-state index in [9.17, 15) is 19.5 Å². The molecule has 1 saturated heterocycles. The number of carboxylic acid groups (broad SMARTS) is 1. The normalized spacial score (nSPS) is 35.3. The number of hydrogen-bond acceptors (Lipinski definition) is 4. The van der Waals surface area contributed by atoms with Gasteiger partial charge in [-0.1, -0.05) is 20.8 Å². The van der Waals surface area contributed by atoms with E-state index in [0.29, 0.717) is 5.92 Å². The number of hydrogen-bond donors (Lipinski definition) is 2. The van der Waals surface area contributed by atoms with Gasteiger partial charge in [-0.15, -0.1) is 0 Å². The van der Waals surface area contributed by atoms with Crippen LogP contribution in [0.25, 0.3) is 0 Å². The molecule has 0 aromatic rings. The van der Waals surface area contributed by atoms with Crippen molar-refractivity contribution >= 4 is 17.8 Å². The predicted octanol–water partition coefficient (Wildman–Crippen LogP) is 1.87. The number of ether oxygens (including phenoxy) is 1. The number of rotatable bonds is 4. The van der Waals surface area contributed by atoms with Gasteiger partial charge in [-0.05, 0) is 37.0 Å². The lowest BCUT2D eigenvalue weighted by molar-refractivity contribution is -0.169. The molecule has 22 heavy (non-hydrogen) atoms. The summed E-state index contributed by atoms with van der Waals surface area (Å²) in [5.74, 6) is -2.13. The minimum atomic E-state index is -1.90. The van der Waals surface area contributed by atoms with Gasteiger partial charge in [0.2, 0.25) is 11.4 Å². The van der Waals surface area contributed by atoms with Gasteiger partial charge in [0, 0.05) is 12.8 Å². The van der Waals surface area contributed by atoms with Gasteiger partial charge in [0.15, 0.2) is 0 Å². The third kappa shape index (κ3) is 2.96. The van der Waals surface area contributed by atoms with Crippen LogP contribution in [0.3, 0.4) is 0 Å². The number of aliphatic carboxylic acids is 1. The molecule has 0 spiro atoms. The molecule has 0 bridgehead atoms. The van der Waals surface area contributed by atoms with Gasteiger partial charge >= 0.3 is 11.9 Å². The average molecular weight is 311 g/mol. The van der Waals surface area contributed by atoms with Crippen LogP contribution in [0.1, 0.15) is 59.3 Å². The summed E-state index contributed by atoms with van der Waals surface area (Å²) in [5, 5.41) is 11.6. The van der Waals surface area contributed by atoms with Gasteiger partial charge in [-0.3, -0.25) is 4.79 Å². The van der Waals surface area contributed by atoms with Crippen LogP contribution in [0, 0.1) is 11.3 Å². The van der Waals surface area contributed by atoms with Crippen molar-refractivity contribution in [2.75, 3.05) is 0 Å². The molecule has 6 heteroatoms. The molecule has 0 aromatic carbocycles. The van der Waals surface area contributed by atoms with Crippen molar-refractivity contribution in [1.29, 1.82) is 0 Å². The molecule has 0 aromatic heterocycles. The highest BCUT2D eigenvalue weighted by molar-refractivity contribution is 6.09. The van der Waals surface area contributed by atoms with Crippen molar-refractivity contribution in [2.45, 2.75) is 70.9 Å². The molecule has 1 amide bonds. The van der Waals surface area contributed by atoms with Gasteiger partial charge in [0.1, 0.15) is 6.10 Å². The first-order valence-electron chi connectivity index (χ1n) is 7.95. The summed E-state index contributed by atoms with van der Waals surface area (Å²) in [5.41, 5.74) is -1.80. The zero-order valence-corrected chi connectivity index (χ0v) is 13.5. The maximum absolute atomic E-state index is 12.4. The number of carboxylic acids is 1. The van der Waals surface area contributed by atoms with Crippen molar-refractivity contribution < 1.29 is 24.2 Å². The summed E-state index contributed by atoms with van der Waals surface area (Å²) in [6, 6.07) is 0. The van der Waals surface area contributed by atoms with Gasteiger partial charge in [0.25, 0.3) is 0 Å². The van der Waals surface area contributed by atoms with Crippen molar-refractivity contribution in [2.24, 2.45) is 11.3 Å². The van der Waals surface area contributed by atoms with E-state index in [4.69, 9.17) is 4.74 Å². The van der Waals surface area contributed by atoms with Crippen LogP contribution < -0.4 is 5.32 Å². The first-order valence-corrected chi connectivity index (χ1v) is 7.95. The topological polar surface area (TPSA) is 92.7 Å². The third-order valence-electron chi connectivity index (χ3n) is 5.43. The Morgan fingerprint density at radius 3 is 2.55 bits per heavy atom. The van der Waals surface area contributed by atoms with Gasteiger partial charge in [-0.25, -0.2) is 9.59 Å². The molecule has 0 radical (unpaired) electrons. The summed E-state index contributed by atoms with van der Waals surface area (Å²) in [6.07, 6.45) is 3.24. The SMILES string of the molecule is CC(C)C1(C)CCCC(OC(=O)[C@]2(C(=O)O)CCC(=O)N2)C1. The minimum Gasteiger partial charge on any atom is -0.479 e. The number of esters is 1. The van der Waals surface area contributed by atoms with Gasteiger partial charge in [-0.2, -0.15) is 0 Å². The molecule has 2 unspecified atom stereocenters. The Morgan fingerprint density at radius 1 is 1.36 bits per heavy atom. The van der Waals surface area contributed by atoms with Crippen LogP contribution in [0.5, 0.6) is 0 Å². The first-order chi connectivity index (χ1) is 10.2. The maximum Gasteiger partial charge on any atom is 0.343 e. The van der Waals surface area contributed by atoms with Crippen LogP contribution in [0.4, 0.5) is 0 Å². The Morgan fingerprint density at radius 2 is 2.05 bits per heavy atom. The average Bonchev–Trinajstić information content (AvgIpc) is 2.82. The second-order valence-corrected chi connectivity index (χ2v) is 7.19. The van der Waals surface area contributed by atoms with E-state index < -0.39 is 23.4 Å². The van der Waals surface area contributed by atoms with Gasteiger partial charge in [0.05, 0.1) is 0 Å². The Hall–Kier alpha value is -1.59. The highest BCUT2D eigenvalue weighted by atomic mass is 16.5. The molecule has 2 N–H and O–H groups in total. The molecule has 124 valence electrons. The van der Waals surface area contributed by atoms with Crippen molar-refractivity contribution in [3.05, 3.63) is 0 Å². The monoisotopic (exact) mass is 311 g/mol. The molecule has 1 saturated carbocycles. The number of amides is 1. The quantitative estimate of drug-likeness (QED) is 0.611. The molecule has 6 nitrogen and oxygen atoms in total. The predicted molar refractivity (Wildman–Crippen MR) is 79.0 cm³/mol. The van der Waals surface area contributed by atoms with E-state index in [2.05, 4.69) is 26.1 Å². The Kier molecular flexibility index (Phi) is 4.49. The summed E-state index contributed by atoms with van der Waals surface area (Å²) in [7, 11) is 0. The summed E-state index contributed by atoms with van der Waals surface area (Å²) < 4.78 is 5.50. The molecule has 1 aliphatic heterocycles. The lowest BCUT2D eigenvalue weighted by atomic mass is 9.67. The van der Waals surface area contributed by atoms with E-state index in [-0.39, 0.29) is 24.4 Å².